The van der Waals surface area contributed by atoms with E-state index in [1.807, 2.05) is 12.1 Å². The number of amides is 1. The topological polar surface area (TPSA) is 76.9 Å². The minimum atomic E-state index is -0.213. The van der Waals surface area contributed by atoms with E-state index in [1.165, 1.54) is 15.8 Å². The van der Waals surface area contributed by atoms with Crippen LogP contribution in [-0.2, 0) is 24.2 Å². The molecular formula is C20H20N4O2. The van der Waals surface area contributed by atoms with E-state index >= 15 is 0 Å². The highest BCUT2D eigenvalue weighted by molar-refractivity contribution is 5.77. The minimum Gasteiger partial charge on any atom is -0.353 e. The first-order chi connectivity index (χ1) is 12.7. The zero-order chi connectivity index (χ0) is 17.9. The van der Waals surface area contributed by atoms with E-state index in [0.29, 0.717) is 10.9 Å². The maximum Gasteiger partial charge on any atom is 0.277 e. The van der Waals surface area contributed by atoms with Crippen molar-refractivity contribution in [3.05, 3.63) is 70.0 Å². The first kappa shape index (κ1) is 16.4. The molecule has 0 fully saturated rings. The van der Waals surface area contributed by atoms with E-state index < -0.39 is 0 Å². The third-order valence-corrected chi connectivity index (χ3v) is 4.89. The molecule has 1 amide bonds. The van der Waals surface area contributed by atoms with Crippen molar-refractivity contribution in [2.24, 2.45) is 0 Å². The third-order valence-electron chi connectivity index (χ3n) is 4.89. The minimum absolute atomic E-state index is 0.0590. The molecule has 26 heavy (non-hydrogen) atoms. The molecule has 1 aliphatic rings. The highest BCUT2D eigenvalue weighted by Crippen LogP contribution is 2.21. The van der Waals surface area contributed by atoms with Crippen molar-refractivity contribution in [1.29, 1.82) is 0 Å². The number of aromatic nitrogens is 3. The van der Waals surface area contributed by atoms with Gasteiger partial charge in [-0.15, -0.1) is 5.10 Å². The Morgan fingerprint density at radius 2 is 1.88 bits per heavy atom. The lowest BCUT2D eigenvalue weighted by molar-refractivity contribution is -0.122. The van der Waals surface area contributed by atoms with Gasteiger partial charge in [-0.2, -0.15) is 0 Å². The van der Waals surface area contributed by atoms with Crippen molar-refractivity contribution < 1.29 is 4.79 Å². The Bertz CT molecular complexity index is 1010. The molecule has 0 saturated carbocycles. The van der Waals surface area contributed by atoms with Crippen molar-refractivity contribution >= 4 is 16.8 Å². The summed E-state index contributed by atoms with van der Waals surface area (Å²) in [5, 5.41) is 11.6. The smallest absolute Gasteiger partial charge is 0.277 e. The summed E-state index contributed by atoms with van der Waals surface area (Å²) in [6, 6.07) is 15.6. The van der Waals surface area contributed by atoms with Gasteiger partial charge >= 0.3 is 0 Å². The van der Waals surface area contributed by atoms with Crippen molar-refractivity contribution in [3.63, 3.8) is 0 Å². The largest absolute Gasteiger partial charge is 0.353 e. The zero-order valence-electron chi connectivity index (χ0n) is 14.4. The van der Waals surface area contributed by atoms with Crippen LogP contribution in [-0.4, -0.2) is 26.9 Å². The van der Waals surface area contributed by atoms with Crippen molar-refractivity contribution in [2.75, 3.05) is 0 Å². The Kier molecular flexibility index (Phi) is 4.48. The SMILES string of the molecule is O=C(CCn1nnc2ccccc2c1=O)NC1CCc2ccccc2C1. The van der Waals surface area contributed by atoms with Gasteiger partial charge in [0.05, 0.1) is 11.9 Å². The van der Waals surface area contributed by atoms with Gasteiger partial charge in [-0.05, 0) is 42.5 Å². The lowest BCUT2D eigenvalue weighted by atomic mass is 9.88. The molecule has 1 aromatic heterocycles. The monoisotopic (exact) mass is 348 g/mol. The standard InChI is InChI=1S/C20H20N4O2/c25-19(21-16-10-9-14-5-1-2-6-15(14)13-16)11-12-24-20(26)17-7-3-4-8-18(17)22-23-24/h1-8,16H,9-13H2,(H,21,25). The number of hydrogen-bond donors (Lipinski definition) is 1. The van der Waals surface area contributed by atoms with Crippen LogP contribution in [0.2, 0.25) is 0 Å². The molecule has 0 spiro atoms. The van der Waals surface area contributed by atoms with E-state index in [9.17, 15) is 9.59 Å². The average Bonchev–Trinajstić information content (AvgIpc) is 2.67. The predicted octanol–water partition coefficient (Wildman–Crippen LogP) is 1.86. The molecule has 1 N–H and O–H groups in total. The van der Waals surface area contributed by atoms with E-state index in [1.54, 1.807) is 18.2 Å². The van der Waals surface area contributed by atoms with E-state index in [-0.39, 0.29) is 30.5 Å². The fourth-order valence-electron chi connectivity index (χ4n) is 3.50. The zero-order valence-corrected chi connectivity index (χ0v) is 14.4. The fourth-order valence-corrected chi connectivity index (χ4v) is 3.50. The molecule has 0 radical (unpaired) electrons. The van der Waals surface area contributed by atoms with Crippen molar-refractivity contribution in [3.8, 4) is 0 Å². The molecule has 0 aliphatic heterocycles. The Labute approximate surface area is 150 Å². The summed E-state index contributed by atoms with van der Waals surface area (Å²) >= 11 is 0. The molecular weight excluding hydrogens is 328 g/mol. The van der Waals surface area contributed by atoms with Gasteiger partial charge in [0.15, 0.2) is 0 Å². The predicted molar refractivity (Wildman–Crippen MR) is 98.8 cm³/mol. The van der Waals surface area contributed by atoms with Gasteiger partial charge < -0.3 is 5.32 Å². The summed E-state index contributed by atoms with van der Waals surface area (Å²) in [6.45, 7) is 0.228. The summed E-state index contributed by atoms with van der Waals surface area (Å²) in [7, 11) is 0. The molecule has 3 aromatic rings. The summed E-state index contributed by atoms with van der Waals surface area (Å²) in [6.07, 6.45) is 3.00. The molecule has 1 unspecified atom stereocenters. The summed E-state index contributed by atoms with van der Waals surface area (Å²) in [5.74, 6) is -0.0590. The number of hydrogen-bond acceptors (Lipinski definition) is 4. The molecule has 1 heterocycles. The second-order valence-electron chi connectivity index (χ2n) is 6.66. The molecule has 6 nitrogen and oxygen atoms in total. The van der Waals surface area contributed by atoms with Crippen LogP contribution >= 0.6 is 0 Å². The highest BCUT2D eigenvalue weighted by Gasteiger charge is 2.19. The molecule has 6 heteroatoms. The van der Waals surface area contributed by atoms with Gasteiger partial charge in [-0.1, -0.05) is 41.6 Å². The number of benzene rings is 2. The number of nitrogens with one attached hydrogen (secondary N) is 1. The molecule has 4 rings (SSSR count). The number of carbonyl (C=O) groups excluding carboxylic acids is 1. The Balaban J connectivity index is 1.38. The van der Waals surface area contributed by atoms with Crippen molar-refractivity contribution in [2.45, 2.75) is 38.3 Å². The van der Waals surface area contributed by atoms with Crippen LogP contribution in [0.3, 0.4) is 0 Å². The van der Waals surface area contributed by atoms with Gasteiger partial charge in [-0.25, -0.2) is 4.68 Å². The Morgan fingerprint density at radius 3 is 2.77 bits per heavy atom. The van der Waals surface area contributed by atoms with Crippen molar-refractivity contribution in [1.82, 2.24) is 20.3 Å². The van der Waals surface area contributed by atoms with Crippen LogP contribution in [0.25, 0.3) is 10.9 Å². The summed E-state index contributed by atoms with van der Waals surface area (Å²) in [5.41, 5.74) is 3.03. The number of rotatable bonds is 4. The molecule has 0 bridgehead atoms. The summed E-state index contributed by atoms with van der Waals surface area (Å²) < 4.78 is 1.26. The van der Waals surface area contributed by atoms with Crippen LogP contribution in [0, 0.1) is 0 Å². The molecule has 0 saturated heterocycles. The van der Waals surface area contributed by atoms with Crippen LogP contribution < -0.4 is 10.9 Å². The first-order valence-electron chi connectivity index (χ1n) is 8.89. The number of aryl methyl sites for hydroxylation is 2. The lowest BCUT2D eigenvalue weighted by Crippen LogP contribution is -2.39. The van der Waals surface area contributed by atoms with Gasteiger partial charge in [0.2, 0.25) is 5.91 Å². The maximum atomic E-state index is 12.4. The first-order valence-corrected chi connectivity index (χ1v) is 8.89. The van der Waals surface area contributed by atoms with Gasteiger partial charge in [0.1, 0.15) is 5.52 Å². The van der Waals surface area contributed by atoms with Gasteiger partial charge in [-0.3, -0.25) is 9.59 Å². The maximum absolute atomic E-state index is 12.4. The summed E-state index contributed by atoms with van der Waals surface area (Å²) in [4.78, 5) is 24.7. The number of carbonyl (C=O) groups is 1. The van der Waals surface area contributed by atoms with E-state index in [4.69, 9.17) is 0 Å². The Morgan fingerprint density at radius 1 is 1.12 bits per heavy atom. The highest BCUT2D eigenvalue weighted by atomic mass is 16.2. The Hall–Kier alpha value is -3.02. The lowest BCUT2D eigenvalue weighted by Gasteiger charge is -2.25. The normalized spacial score (nSPS) is 16.2. The van der Waals surface area contributed by atoms with Gasteiger partial charge in [0.25, 0.3) is 5.56 Å². The fraction of sp³-hybridized carbons (Fsp3) is 0.300. The third kappa shape index (κ3) is 3.35. The second kappa shape index (κ2) is 7.07. The average molecular weight is 348 g/mol. The molecule has 1 aliphatic carbocycles. The van der Waals surface area contributed by atoms with E-state index in [0.717, 1.165) is 19.3 Å². The van der Waals surface area contributed by atoms with Crippen LogP contribution in [0.5, 0.6) is 0 Å². The molecule has 1 atom stereocenters. The number of nitrogens with zero attached hydrogens (tertiary/aromatic N) is 3. The molecule has 132 valence electrons. The quantitative estimate of drug-likeness (QED) is 0.781. The van der Waals surface area contributed by atoms with Crippen LogP contribution in [0.15, 0.2) is 53.3 Å². The molecule has 2 aromatic carbocycles. The van der Waals surface area contributed by atoms with Gasteiger partial charge in [0, 0.05) is 12.5 Å². The van der Waals surface area contributed by atoms with E-state index in [2.05, 4.69) is 33.8 Å². The van der Waals surface area contributed by atoms with Crippen LogP contribution in [0.1, 0.15) is 24.0 Å². The second-order valence-corrected chi connectivity index (χ2v) is 6.66. The number of fused-ring (bicyclic) bond motifs is 2. The van der Waals surface area contributed by atoms with Crippen LogP contribution in [0.4, 0.5) is 0 Å².